The molecule has 1 aliphatic rings. The van der Waals surface area contributed by atoms with Gasteiger partial charge in [-0.2, -0.15) is 0 Å². The molecule has 118 valence electrons. The van der Waals surface area contributed by atoms with E-state index in [0.717, 1.165) is 23.0 Å². The molecule has 0 spiro atoms. The number of ether oxygens (including phenoxy) is 1. The summed E-state index contributed by atoms with van der Waals surface area (Å²) in [5, 5.41) is 3.68. The molecule has 1 heterocycles. The summed E-state index contributed by atoms with van der Waals surface area (Å²) < 4.78 is 5.76. The smallest absolute Gasteiger partial charge is 0.163 e. The molecule has 0 atom stereocenters. The van der Waals surface area contributed by atoms with Gasteiger partial charge in [0.1, 0.15) is 0 Å². The molecule has 2 rings (SSSR count). The Kier molecular flexibility index (Phi) is 5.13. The van der Waals surface area contributed by atoms with Crippen LogP contribution in [0.1, 0.15) is 59.1 Å². The maximum Gasteiger partial charge on any atom is 0.163 e. The van der Waals surface area contributed by atoms with Gasteiger partial charge in [-0.15, -0.1) is 0 Å². The van der Waals surface area contributed by atoms with Gasteiger partial charge in [-0.05, 0) is 56.9 Å². The highest BCUT2D eigenvalue weighted by Crippen LogP contribution is 2.39. The van der Waals surface area contributed by atoms with Crippen LogP contribution in [0.3, 0.4) is 0 Å². The summed E-state index contributed by atoms with van der Waals surface area (Å²) in [6.07, 6.45) is 6.98. The Morgan fingerprint density at radius 2 is 1.90 bits per heavy atom. The molecule has 1 aromatic heterocycles. The lowest BCUT2D eigenvalue weighted by Gasteiger charge is -2.37. The molecule has 1 aliphatic carbocycles. The summed E-state index contributed by atoms with van der Waals surface area (Å²) in [7, 11) is 0. The summed E-state index contributed by atoms with van der Waals surface area (Å²) in [5.41, 5.74) is 2.50. The van der Waals surface area contributed by atoms with Crippen molar-refractivity contribution in [1.29, 1.82) is 0 Å². The van der Waals surface area contributed by atoms with Crippen LogP contribution in [0.2, 0.25) is 0 Å². The Morgan fingerprint density at radius 1 is 1.24 bits per heavy atom. The summed E-state index contributed by atoms with van der Waals surface area (Å²) in [6, 6.07) is 2.60. The molecule has 0 unspecified atom stereocenters. The van der Waals surface area contributed by atoms with Gasteiger partial charge < -0.3 is 10.1 Å². The first kappa shape index (κ1) is 16.1. The van der Waals surface area contributed by atoms with E-state index in [4.69, 9.17) is 4.74 Å². The van der Waals surface area contributed by atoms with Gasteiger partial charge in [-0.3, -0.25) is 4.98 Å². The lowest BCUT2D eigenvalue weighted by atomic mass is 9.71. The predicted octanol–water partition coefficient (Wildman–Crippen LogP) is 4.81. The zero-order chi connectivity index (χ0) is 15.5. The van der Waals surface area contributed by atoms with Crippen LogP contribution in [-0.2, 0) is 0 Å². The molecule has 0 amide bonds. The third-order valence-electron chi connectivity index (χ3n) is 4.68. The van der Waals surface area contributed by atoms with E-state index in [1.807, 2.05) is 26.1 Å². The molecular weight excluding hydrogens is 260 g/mol. The van der Waals surface area contributed by atoms with E-state index in [-0.39, 0.29) is 0 Å². The van der Waals surface area contributed by atoms with Crippen LogP contribution in [0, 0.1) is 18.3 Å². The largest absolute Gasteiger partial charge is 0.490 e. The summed E-state index contributed by atoms with van der Waals surface area (Å²) >= 11 is 0. The standard InChI is InChI=1S/C18H30N2O/c1-6-21-17-13(2)19-12-11-16(17)20-15-9-7-14(8-10-15)18(3,4)5/h11-12,14-15H,6-10H2,1-5H3,(H,19,20). The quantitative estimate of drug-likeness (QED) is 0.864. The second-order valence-electron chi connectivity index (χ2n) is 7.26. The van der Waals surface area contributed by atoms with Gasteiger partial charge in [0, 0.05) is 12.2 Å². The van der Waals surface area contributed by atoms with E-state index in [0.29, 0.717) is 18.1 Å². The molecule has 0 bridgehead atoms. The van der Waals surface area contributed by atoms with Gasteiger partial charge in [-0.25, -0.2) is 0 Å². The first-order valence-electron chi connectivity index (χ1n) is 8.26. The predicted molar refractivity (Wildman–Crippen MR) is 89.0 cm³/mol. The normalized spacial score (nSPS) is 22.9. The summed E-state index contributed by atoms with van der Waals surface area (Å²) in [5.74, 6) is 1.76. The van der Waals surface area contributed by atoms with Gasteiger partial charge in [0.2, 0.25) is 0 Å². The lowest BCUT2D eigenvalue weighted by molar-refractivity contribution is 0.173. The molecule has 0 aromatic carbocycles. The zero-order valence-electron chi connectivity index (χ0n) is 14.2. The minimum absolute atomic E-state index is 0.439. The molecule has 21 heavy (non-hydrogen) atoms. The number of aromatic nitrogens is 1. The van der Waals surface area contributed by atoms with Crippen molar-refractivity contribution in [2.24, 2.45) is 11.3 Å². The zero-order valence-corrected chi connectivity index (χ0v) is 14.2. The summed E-state index contributed by atoms with van der Waals surface area (Å²) in [6.45, 7) is 11.8. The van der Waals surface area contributed by atoms with E-state index >= 15 is 0 Å². The molecule has 0 aliphatic heterocycles. The number of hydrogen-bond donors (Lipinski definition) is 1. The molecule has 0 radical (unpaired) electrons. The highest BCUT2D eigenvalue weighted by atomic mass is 16.5. The van der Waals surface area contributed by atoms with Gasteiger partial charge in [0.15, 0.2) is 5.75 Å². The third-order valence-corrected chi connectivity index (χ3v) is 4.68. The fourth-order valence-electron chi connectivity index (χ4n) is 3.32. The van der Waals surface area contributed by atoms with Crippen molar-refractivity contribution in [3.63, 3.8) is 0 Å². The van der Waals surface area contributed by atoms with Gasteiger partial charge in [-0.1, -0.05) is 20.8 Å². The van der Waals surface area contributed by atoms with Crippen LogP contribution in [0.4, 0.5) is 5.69 Å². The number of anilines is 1. The first-order chi connectivity index (χ1) is 9.91. The van der Waals surface area contributed by atoms with Crippen molar-refractivity contribution in [3.8, 4) is 5.75 Å². The topological polar surface area (TPSA) is 34.1 Å². The Labute approximate surface area is 129 Å². The Hall–Kier alpha value is -1.25. The Bertz CT molecular complexity index is 457. The van der Waals surface area contributed by atoms with E-state index in [9.17, 15) is 0 Å². The minimum Gasteiger partial charge on any atom is -0.490 e. The molecule has 1 aromatic rings. The van der Waals surface area contributed by atoms with Gasteiger partial charge in [0.25, 0.3) is 0 Å². The number of hydrogen-bond acceptors (Lipinski definition) is 3. The van der Waals surface area contributed by atoms with Crippen LogP contribution in [-0.4, -0.2) is 17.6 Å². The molecule has 1 saturated carbocycles. The second kappa shape index (κ2) is 6.67. The van der Waals surface area contributed by atoms with E-state index in [1.54, 1.807) is 0 Å². The summed E-state index contributed by atoms with van der Waals surface area (Å²) in [4.78, 5) is 4.33. The average Bonchev–Trinajstić information content (AvgIpc) is 2.42. The number of pyridine rings is 1. The molecular formula is C18H30N2O. The first-order valence-corrected chi connectivity index (χ1v) is 8.26. The van der Waals surface area contributed by atoms with Gasteiger partial charge >= 0.3 is 0 Å². The van der Waals surface area contributed by atoms with E-state index in [2.05, 4.69) is 31.1 Å². The van der Waals surface area contributed by atoms with Crippen molar-refractivity contribution < 1.29 is 4.74 Å². The highest BCUT2D eigenvalue weighted by molar-refractivity contribution is 5.58. The average molecular weight is 290 g/mol. The molecule has 3 heteroatoms. The van der Waals surface area contributed by atoms with E-state index < -0.39 is 0 Å². The molecule has 1 fully saturated rings. The number of nitrogens with one attached hydrogen (secondary N) is 1. The third kappa shape index (κ3) is 4.12. The van der Waals surface area contributed by atoms with Crippen molar-refractivity contribution >= 4 is 5.69 Å². The second-order valence-corrected chi connectivity index (χ2v) is 7.26. The molecule has 1 N–H and O–H groups in total. The molecule has 3 nitrogen and oxygen atoms in total. The molecule has 0 saturated heterocycles. The van der Waals surface area contributed by atoms with Crippen molar-refractivity contribution in [2.45, 2.75) is 66.3 Å². The van der Waals surface area contributed by atoms with Crippen LogP contribution < -0.4 is 10.1 Å². The lowest BCUT2D eigenvalue weighted by Crippen LogP contribution is -2.31. The van der Waals surface area contributed by atoms with E-state index in [1.165, 1.54) is 25.7 Å². The highest BCUT2D eigenvalue weighted by Gasteiger charge is 2.29. The van der Waals surface area contributed by atoms with Crippen molar-refractivity contribution in [1.82, 2.24) is 4.98 Å². The van der Waals surface area contributed by atoms with Gasteiger partial charge in [0.05, 0.1) is 18.0 Å². The number of rotatable bonds is 4. The number of aryl methyl sites for hydroxylation is 1. The fraction of sp³-hybridized carbons (Fsp3) is 0.722. The van der Waals surface area contributed by atoms with Crippen LogP contribution in [0.25, 0.3) is 0 Å². The van der Waals surface area contributed by atoms with Crippen molar-refractivity contribution in [2.75, 3.05) is 11.9 Å². The SMILES string of the molecule is CCOc1c(NC2CCC(C(C)(C)C)CC2)ccnc1C. The Morgan fingerprint density at radius 3 is 2.48 bits per heavy atom. The monoisotopic (exact) mass is 290 g/mol. The van der Waals surface area contributed by atoms with Crippen LogP contribution in [0.15, 0.2) is 12.3 Å². The number of nitrogens with zero attached hydrogens (tertiary/aromatic N) is 1. The van der Waals surface area contributed by atoms with Crippen molar-refractivity contribution in [3.05, 3.63) is 18.0 Å². The maximum atomic E-state index is 5.76. The van der Waals surface area contributed by atoms with Crippen LogP contribution >= 0.6 is 0 Å². The maximum absolute atomic E-state index is 5.76. The minimum atomic E-state index is 0.439. The Balaban J connectivity index is 1.99. The van der Waals surface area contributed by atoms with Crippen LogP contribution in [0.5, 0.6) is 5.75 Å². The fourth-order valence-corrected chi connectivity index (χ4v) is 3.32.